The molecule has 6 heteroatoms. The van der Waals surface area contributed by atoms with Gasteiger partial charge in [0.2, 0.25) is 5.91 Å². The number of likely N-dealkylation sites (tertiary alicyclic amines) is 1. The molecule has 1 aliphatic heterocycles. The Labute approximate surface area is 142 Å². The topological polar surface area (TPSA) is 58.6 Å². The Morgan fingerprint density at radius 2 is 2.00 bits per heavy atom. The fraction of sp³-hybridized carbons (Fsp3) is 0.647. The van der Waals surface area contributed by atoms with Gasteiger partial charge in [0, 0.05) is 17.8 Å². The van der Waals surface area contributed by atoms with Gasteiger partial charge in [-0.05, 0) is 45.3 Å². The first-order chi connectivity index (χ1) is 11.1. The number of piperidine rings is 1. The second kappa shape index (κ2) is 9.03. The number of hydrogen-bond donors (Lipinski definition) is 1. The van der Waals surface area contributed by atoms with Crippen LogP contribution in [0.5, 0.6) is 0 Å². The summed E-state index contributed by atoms with van der Waals surface area (Å²) >= 11 is 1.46. The lowest BCUT2D eigenvalue weighted by atomic mass is 10.1. The molecule has 2 rings (SSSR count). The fourth-order valence-corrected chi connectivity index (χ4v) is 3.70. The molecule has 128 valence electrons. The van der Waals surface area contributed by atoms with Crippen LogP contribution in [-0.4, -0.2) is 43.0 Å². The van der Waals surface area contributed by atoms with Gasteiger partial charge >= 0.3 is 5.97 Å². The molecule has 0 radical (unpaired) electrons. The molecule has 1 aliphatic rings. The summed E-state index contributed by atoms with van der Waals surface area (Å²) in [5.74, 6) is -0.402. The van der Waals surface area contributed by atoms with E-state index in [9.17, 15) is 9.59 Å². The van der Waals surface area contributed by atoms with Crippen molar-refractivity contribution in [3.05, 3.63) is 16.5 Å². The van der Waals surface area contributed by atoms with Crippen LogP contribution in [0.1, 0.15) is 54.8 Å². The number of aryl methyl sites for hydroxylation is 1. The van der Waals surface area contributed by atoms with E-state index in [-0.39, 0.29) is 11.9 Å². The molecule has 0 unspecified atom stereocenters. The first-order valence-corrected chi connectivity index (χ1v) is 9.27. The molecular weight excluding hydrogens is 312 g/mol. The zero-order chi connectivity index (χ0) is 16.7. The Hall–Kier alpha value is -1.40. The Kier molecular flexibility index (Phi) is 7.05. The van der Waals surface area contributed by atoms with Crippen LogP contribution >= 0.6 is 11.3 Å². The number of carbonyl (C=O) groups is 2. The summed E-state index contributed by atoms with van der Waals surface area (Å²) in [7, 11) is 0. The normalized spacial score (nSPS) is 15.4. The molecule has 1 fully saturated rings. The standard InChI is InChI=1S/C17H26N2O3S/c1-3-13-12-14(17(21)22-4-2)16(23-13)18-15(20)8-11-19-9-6-5-7-10-19/h12H,3-11H2,1-2H3,(H,18,20). The van der Waals surface area contributed by atoms with Crippen LogP contribution in [0.15, 0.2) is 6.07 Å². The Morgan fingerprint density at radius 1 is 1.26 bits per heavy atom. The summed E-state index contributed by atoms with van der Waals surface area (Å²) < 4.78 is 5.07. The van der Waals surface area contributed by atoms with Crippen LogP contribution in [0.2, 0.25) is 0 Å². The quantitative estimate of drug-likeness (QED) is 0.775. The second-order valence-corrected chi connectivity index (χ2v) is 6.87. The molecule has 1 aromatic rings. The smallest absolute Gasteiger partial charge is 0.341 e. The van der Waals surface area contributed by atoms with E-state index in [0.29, 0.717) is 23.6 Å². The molecule has 1 aromatic heterocycles. The van der Waals surface area contributed by atoms with Gasteiger partial charge in [0.05, 0.1) is 12.2 Å². The van der Waals surface area contributed by atoms with Crippen LogP contribution in [0.3, 0.4) is 0 Å². The molecule has 5 nitrogen and oxygen atoms in total. The number of ether oxygens (including phenoxy) is 1. The van der Waals surface area contributed by atoms with Gasteiger partial charge in [-0.25, -0.2) is 4.79 Å². The highest BCUT2D eigenvalue weighted by molar-refractivity contribution is 7.16. The van der Waals surface area contributed by atoms with E-state index in [0.717, 1.165) is 30.9 Å². The van der Waals surface area contributed by atoms with Gasteiger partial charge in [0.1, 0.15) is 5.00 Å². The second-order valence-electron chi connectivity index (χ2n) is 5.73. The maximum Gasteiger partial charge on any atom is 0.341 e. The van der Waals surface area contributed by atoms with Crippen molar-refractivity contribution in [2.75, 3.05) is 31.6 Å². The van der Waals surface area contributed by atoms with Crippen LogP contribution in [0.4, 0.5) is 5.00 Å². The summed E-state index contributed by atoms with van der Waals surface area (Å²) in [6.07, 6.45) is 5.03. The van der Waals surface area contributed by atoms with Gasteiger partial charge in [-0.15, -0.1) is 11.3 Å². The summed E-state index contributed by atoms with van der Waals surface area (Å²) in [5, 5.41) is 3.51. The minimum absolute atomic E-state index is 0.0365. The molecule has 0 bridgehead atoms. The molecule has 0 atom stereocenters. The first-order valence-electron chi connectivity index (χ1n) is 8.46. The number of rotatable bonds is 7. The average molecular weight is 338 g/mol. The number of carbonyl (C=O) groups excluding carboxylic acids is 2. The largest absolute Gasteiger partial charge is 0.462 e. The first kappa shape index (κ1) is 17.9. The fourth-order valence-electron chi connectivity index (χ4n) is 2.70. The summed E-state index contributed by atoms with van der Waals surface area (Å²) in [6.45, 7) is 7.09. The molecule has 0 aliphatic carbocycles. The molecular formula is C17H26N2O3S. The number of nitrogens with one attached hydrogen (secondary N) is 1. The number of esters is 1. The molecule has 0 spiro atoms. The van der Waals surface area contributed by atoms with Gasteiger partial charge < -0.3 is 15.0 Å². The number of amides is 1. The van der Waals surface area contributed by atoms with Gasteiger partial charge in [0.15, 0.2) is 0 Å². The van der Waals surface area contributed by atoms with Crippen LogP contribution in [0, 0.1) is 0 Å². The van der Waals surface area contributed by atoms with E-state index < -0.39 is 0 Å². The third-order valence-electron chi connectivity index (χ3n) is 3.98. The lowest BCUT2D eigenvalue weighted by Gasteiger charge is -2.25. The molecule has 0 saturated carbocycles. The summed E-state index contributed by atoms with van der Waals surface area (Å²) in [4.78, 5) is 27.6. The Balaban J connectivity index is 1.93. The van der Waals surface area contributed by atoms with Gasteiger partial charge in [-0.3, -0.25) is 4.79 Å². The van der Waals surface area contributed by atoms with Crippen LogP contribution in [0.25, 0.3) is 0 Å². The van der Waals surface area contributed by atoms with Crippen molar-refractivity contribution in [2.24, 2.45) is 0 Å². The molecule has 23 heavy (non-hydrogen) atoms. The van der Waals surface area contributed by atoms with Crippen molar-refractivity contribution in [3.63, 3.8) is 0 Å². The average Bonchev–Trinajstić information content (AvgIpc) is 2.97. The molecule has 2 heterocycles. The van der Waals surface area contributed by atoms with Gasteiger partial charge in [-0.2, -0.15) is 0 Å². The van der Waals surface area contributed by atoms with E-state index in [1.165, 1.54) is 30.6 Å². The number of hydrogen-bond acceptors (Lipinski definition) is 5. The lowest BCUT2D eigenvalue weighted by molar-refractivity contribution is -0.116. The maximum absolute atomic E-state index is 12.2. The van der Waals surface area contributed by atoms with E-state index in [4.69, 9.17) is 4.74 Å². The predicted molar refractivity (Wildman–Crippen MR) is 93.2 cm³/mol. The van der Waals surface area contributed by atoms with Crippen molar-refractivity contribution in [1.29, 1.82) is 0 Å². The SMILES string of the molecule is CCOC(=O)c1cc(CC)sc1NC(=O)CCN1CCCCC1. The zero-order valence-corrected chi connectivity index (χ0v) is 14.8. The Morgan fingerprint density at radius 3 is 2.65 bits per heavy atom. The predicted octanol–water partition coefficient (Wildman–Crippen LogP) is 3.30. The molecule has 1 N–H and O–H groups in total. The molecule has 0 aromatic carbocycles. The van der Waals surface area contributed by atoms with Crippen molar-refractivity contribution in [3.8, 4) is 0 Å². The minimum atomic E-state index is -0.366. The minimum Gasteiger partial charge on any atom is -0.462 e. The van der Waals surface area contributed by atoms with Crippen LogP contribution in [-0.2, 0) is 16.0 Å². The van der Waals surface area contributed by atoms with E-state index in [1.54, 1.807) is 6.92 Å². The molecule has 1 amide bonds. The van der Waals surface area contributed by atoms with Crippen molar-refractivity contribution >= 4 is 28.2 Å². The highest BCUT2D eigenvalue weighted by Crippen LogP contribution is 2.29. The van der Waals surface area contributed by atoms with Crippen molar-refractivity contribution in [1.82, 2.24) is 4.90 Å². The maximum atomic E-state index is 12.2. The van der Waals surface area contributed by atoms with Gasteiger partial charge in [0.25, 0.3) is 0 Å². The summed E-state index contributed by atoms with van der Waals surface area (Å²) in [6, 6.07) is 1.82. The van der Waals surface area contributed by atoms with Crippen molar-refractivity contribution in [2.45, 2.75) is 46.0 Å². The highest BCUT2D eigenvalue weighted by atomic mass is 32.1. The van der Waals surface area contributed by atoms with Crippen molar-refractivity contribution < 1.29 is 14.3 Å². The summed E-state index contributed by atoms with van der Waals surface area (Å²) in [5.41, 5.74) is 0.472. The zero-order valence-electron chi connectivity index (χ0n) is 14.0. The molecule has 1 saturated heterocycles. The van der Waals surface area contributed by atoms with E-state index >= 15 is 0 Å². The van der Waals surface area contributed by atoms with E-state index in [1.807, 2.05) is 13.0 Å². The number of anilines is 1. The highest BCUT2D eigenvalue weighted by Gasteiger charge is 2.19. The third kappa shape index (κ3) is 5.32. The van der Waals surface area contributed by atoms with Crippen LogP contribution < -0.4 is 5.32 Å². The van der Waals surface area contributed by atoms with Gasteiger partial charge in [-0.1, -0.05) is 13.3 Å². The van der Waals surface area contributed by atoms with E-state index in [2.05, 4.69) is 10.2 Å². The number of thiophene rings is 1. The third-order valence-corrected chi connectivity index (χ3v) is 5.18. The monoisotopic (exact) mass is 338 g/mol. The lowest BCUT2D eigenvalue weighted by Crippen LogP contribution is -2.32. The number of nitrogens with zero attached hydrogens (tertiary/aromatic N) is 1. The Bertz CT molecular complexity index is 536.